The van der Waals surface area contributed by atoms with Crippen LogP contribution in [0.4, 0.5) is 0 Å². The molecule has 1 aliphatic carbocycles. The Bertz CT molecular complexity index is 705. The molecule has 4 rings (SSSR count). The van der Waals surface area contributed by atoms with Crippen molar-refractivity contribution < 1.29 is 13.9 Å². The highest BCUT2D eigenvalue weighted by Crippen LogP contribution is 2.43. The van der Waals surface area contributed by atoms with E-state index in [-0.39, 0.29) is 11.7 Å². The molecular weight excluding hydrogens is 318 g/mol. The lowest BCUT2D eigenvalue weighted by Crippen LogP contribution is -2.52. The molecule has 6 heteroatoms. The standard InChI is InChI=1S/C19H25N3O3/c1-14-21-15(13-24-14)12-22-10-8-19(23-2)7-6-16(11-17(19)22)25-18-5-3-4-9-20-18/h3-5,9,13,16-17H,6-8,10-12H2,1-2H3/t16-,17+,19-/m1/s1. The summed E-state index contributed by atoms with van der Waals surface area (Å²) in [7, 11) is 1.84. The maximum Gasteiger partial charge on any atom is 0.213 e. The van der Waals surface area contributed by atoms with Crippen molar-refractivity contribution >= 4 is 0 Å². The van der Waals surface area contributed by atoms with Crippen LogP contribution < -0.4 is 4.74 Å². The third kappa shape index (κ3) is 3.28. The molecule has 1 saturated heterocycles. The summed E-state index contributed by atoms with van der Waals surface area (Å²) in [4.78, 5) is 11.2. The summed E-state index contributed by atoms with van der Waals surface area (Å²) in [6.07, 6.45) is 7.71. The van der Waals surface area contributed by atoms with E-state index in [2.05, 4.69) is 14.9 Å². The van der Waals surface area contributed by atoms with E-state index in [1.54, 1.807) is 12.5 Å². The molecule has 2 aromatic heterocycles. The van der Waals surface area contributed by atoms with E-state index in [4.69, 9.17) is 13.9 Å². The van der Waals surface area contributed by atoms with E-state index in [1.807, 2.05) is 32.2 Å². The predicted molar refractivity (Wildman–Crippen MR) is 92.3 cm³/mol. The van der Waals surface area contributed by atoms with Crippen LogP contribution in [0.3, 0.4) is 0 Å². The molecule has 0 spiro atoms. The summed E-state index contributed by atoms with van der Waals surface area (Å²) < 4.78 is 17.5. The van der Waals surface area contributed by atoms with Gasteiger partial charge in [-0.1, -0.05) is 6.07 Å². The first-order valence-corrected chi connectivity index (χ1v) is 8.96. The Kier molecular flexibility index (Phi) is 4.48. The largest absolute Gasteiger partial charge is 0.474 e. The minimum atomic E-state index is -0.0667. The molecule has 134 valence electrons. The zero-order valence-electron chi connectivity index (χ0n) is 14.9. The molecule has 2 aromatic rings. The smallest absolute Gasteiger partial charge is 0.213 e. The van der Waals surface area contributed by atoms with Crippen LogP contribution in [0.25, 0.3) is 0 Å². The quantitative estimate of drug-likeness (QED) is 0.832. The van der Waals surface area contributed by atoms with Crippen LogP contribution >= 0.6 is 0 Å². The topological polar surface area (TPSA) is 60.6 Å². The molecule has 0 unspecified atom stereocenters. The first-order valence-electron chi connectivity index (χ1n) is 8.96. The second-order valence-corrected chi connectivity index (χ2v) is 7.05. The lowest BCUT2D eigenvalue weighted by Gasteiger charge is -2.43. The molecule has 0 amide bonds. The third-order valence-electron chi connectivity index (χ3n) is 5.61. The van der Waals surface area contributed by atoms with E-state index >= 15 is 0 Å². The molecule has 1 aliphatic heterocycles. The molecule has 0 bridgehead atoms. The zero-order valence-corrected chi connectivity index (χ0v) is 14.9. The molecule has 2 fully saturated rings. The maximum absolute atomic E-state index is 6.13. The summed E-state index contributed by atoms with van der Waals surface area (Å²) in [6, 6.07) is 6.11. The first kappa shape index (κ1) is 16.5. The Morgan fingerprint density at radius 1 is 1.36 bits per heavy atom. The number of ether oxygens (including phenoxy) is 2. The van der Waals surface area contributed by atoms with Crippen LogP contribution in [-0.4, -0.2) is 46.3 Å². The van der Waals surface area contributed by atoms with Crippen LogP contribution in [0.15, 0.2) is 35.1 Å². The van der Waals surface area contributed by atoms with Crippen molar-refractivity contribution in [2.45, 2.75) is 56.9 Å². The lowest BCUT2D eigenvalue weighted by atomic mass is 9.79. The van der Waals surface area contributed by atoms with Gasteiger partial charge in [-0.15, -0.1) is 0 Å². The van der Waals surface area contributed by atoms with Crippen molar-refractivity contribution in [3.63, 3.8) is 0 Å². The second-order valence-electron chi connectivity index (χ2n) is 7.05. The number of methoxy groups -OCH3 is 1. The molecule has 25 heavy (non-hydrogen) atoms. The third-order valence-corrected chi connectivity index (χ3v) is 5.61. The second kappa shape index (κ2) is 6.77. The number of aromatic nitrogens is 2. The molecule has 0 radical (unpaired) electrons. The van der Waals surface area contributed by atoms with Gasteiger partial charge in [0, 0.05) is 51.8 Å². The van der Waals surface area contributed by atoms with Gasteiger partial charge in [0.1, 0.15) is 12.4 Å². The van der Waals surface area contributed by atoms with E-state index in [0.29, 0.717) is 17.8 Å². The van der Waals surface area contributed by atoms with Gasteiger partial charge in [0.25, 0.3) is 0 Å². The average Bonchev–Trinajstić information content (AvgIpc) is 3.21. The SMILES string of the molecule is CO[C@@]12CC[C@@H](Oc3ccccn3)C[C@@H]1N(Cc1coc(C)n1)CC2. The number of rotatable bonds is 5. The van der Waals surface area contributed by atoms with Crippen molar-refractivity contribution in [3.8, 4) is 5.88 Å². The molecule has 6 nitrogen and oxygen atoms in total. The van der Waals surface area contributed by atoms with Gasteiger partial charge in [-0.3, -0.25) is 4.90 Å². The van der Waals surface area contributed by atoms with Crippen molar-refractivity contribution in [1.82, 2.24) is 14.9 Å². The molecule has 1 saturated carbocycles. The van der Waals surface area contributed by atoms with E-state index < -0.39 is 0 Å². The Morgan fingerprint density at radius 2 is 2.28 bits per heavy atom. The maximum atomic E-state index is 6.13. The molecule has 0 aromatic carbocycles. The number of nitrogens with zero attached hydrogens (tertiary/aromatic N) is 3. The fraction of sp³-hybridized carbons (Fsp3) is 0.579. The van der Waals surface area contributed by atoms with Crippen LogP contribution in [0, 0.1) is 6.92 Å². The van der Waals surface area contributed by atoms with Gasteiger partial charge in [0.05, 0.1) is 11.3 Å². The molecular formula is C19H25N3O3. The van der Waals surface area contributed by atoms with Gasteiger partial charge in [0.15, 0.2) is 5.89 Å². The number of hydrogen-bond acceptors (Lipinski definition) is 6. The number of fused-ring (bicyclic) bond motifs is 1. The van der Waals surface area contributed by atoms with E-state index in [0.717, 1.165) is 44.5 Å². The summed E-state index contributed by atoms with van der Waals surface area (Å²) >= 11 is 0. The van der Waals surface area contributed by atoms with Gasteiger partial charge < -0.3 is 13.9 Å². The highest BCUT2D eigenvalue weighted by Gasteiger charge is 2.51. The number of aryl methyl sites for hydroxylation is 1. The highest BCUT2D eigenvalue weighted by molar-refractivity contribution is 5.12. The lowest BCUT2D eigenvalue weighted by molar-refractivity contribution is -0.0844. The number of pyridine rings is 1. The number of hydrogen-bond donors (Lipinski definition) is 0. The molecule has 3 atom stereocenters. The summed E-state index contributed by atoms with van der Waals surface area (Å²) in [5.41, 5.74) is 0.917. The van der Waals surface area contributed by atoms with Crippen LogP contribution in [0.2, 0.25) is 0 Å². The van der Waals surface area contributed by atoms with Crippen molar-refractivity contribution in [3.05, 3.63) is 42.2 Å². The predicted octanol–water partition coefficient (Wildman–Crippen LogP) is 2.97. The van der Waals surface area contributed by atoms with E-state index in [9.17, 15) is 0 Å². The normalized spacial score (nSPS) is 29.5. The van der Waals surface area contributed by atoms with Crippen molar-refractivity contribution in [2.75, 3.05) is 13.7 Å². The van der Waals surface area contributed by atoms with Gasteiger partial charge >= 0.3 is 0 Å². The Morgan fingerprint density at radius 3 is 3.00 bits per heavy atom. The Balaban J connectivity index is 1.48. The minimum absolute atomic E-state index is 0.0667. The van der Waals surface area contributed by atoms with Crippen molar-refractivity contribution in [2.24, 2.45) is 0 Å². The molecule has 0 N–H and O–H groups in total. The van der Waals surface area contributed by atoms with Crippen molar-refractivity contribution in [1.29, 1.82) is 0 Å². The van der Waals surface area contributed by atoms with Gasteiger partial charge in [-0.25, -0.2) is 9.97 Å². The summed E-state index contributed by atoms with van der Waals surface area (Å²) in [6.45, 7) is 3.69. The Hall–Kier alpha value is -1.92. The van der Waals surface area contributed by atoms with Crippen LogP contribution in [0.1, 0.15) is 37.3 Å². The minimum Gasteiger partial charge on any atom is -0.474 e. The fourth-order valence-corrected chi connectivity index (χ4v) is 4.33. The Labute approximate surface area is 148 Å². The van der Waals surface area contributed by atoms with Crippen LogP contribution in [-0.2, 0) is 11.3 Å². The van der Waals surface area contributed by atoms with Gasteiger partial charge in [-0.05, 0) is 25.3 Å². The summed E-state index contributed by atoms with van der Waals surface area (Å²) in [5, 5.41) is 0. The average molecular weight is 343 g/mol. The van der Waals surface area contributed by atoms with Crippen LogP contribution in [0.5, 0.6) is 5.88 Å². The number of oxazole rings is 1. The first-order chi connectivity index (χ1) is 12.2. The van der Waals surface area contributed by atoms with Gasteiger partial charge in [-0.2, -0.15) is 0 Å². The zero-order chi connectivity index (χ0) is 17.3. The fourth-order valence-electron chi connectivity index (χ4n) is 4.33. The highest BCUT2D eigenvalue weighted by atomic mass is 16.5. The number of likely N-dealkylation sites (tertiary alicyclic amines) is 1. The molecule has 3 heterocycles. The van der Waals surface area contributed by atoms with Gasteiger partial charge in [0.2, 0.25) is 5.88 Å². The monoisotopic (exact) mass is 343 g/mol. The summed E-state index contributed by atoms with van der Waals surface area (Å²) in [5.74, 6) is 1.42. The van der Waals surface area contributed by atoms with E-state index in [1.165, 1.54) is 0 Å². The molecule has 2 aliphatic rings.